The Morgan fingerprint density at radius 1 is 0.519 bits per heavy atom. The lowest BCUT2D eigenvalue weighted by Gasteiger charge is -2.48. The minimum atomic E-state index is -0.444. The van der Waals surface area contributed by atoms with E-state index in [2.05, 4.69) is 181 Å². The van der Waals surface area contributed by atoms with Crippen molar-refractivity contribution in [1.82, 2.24) is 4.57 Å². The van der Waals surface area contributed by atoms with E-state index in [4.69, 9.17) is 0 Å². The van der Waals surface area contributed by atoms with Crippen LogP contribution in [-0.2, 0) is 5.41 Å². The van der Waals surface area contributed by atoms with Crippen molar-refractivity contribution in [3.05, 3.63) is 203 Å². The van der Waals surface area contributed by atoms with Crippen LogP contribution >= 0.6 is 23.5 Å². The largest absolute Gasteiger partial charge is 0.309 e. The highest BCUT2D eigenvalue weighted by Gasteiger charge is 2.51. The molecular formula is C49H33NS2. The molecule has 0 fully saturated rings. The summed E-state index contributed by atoms with van der Waals surface area (Å²) < 4.78 is 2.48. The number of allylic oxidation sites excluding steroid dienone is 3. The van der Waals surface area contributed by atoms with Gasteiger partial charge in [-0.3, -0.25) is 0 Å². The van der Waals surface area contributed by atoms with Crippen LogP contribution in [0.15, 0.2) is 201 Å². The smallest absolute Gasteiger partial charge is 0.0714 e. The number of hydrogen-bond acceptors (Lipinski definition) is 2. The van der Waals surface area contributed by atoms with Crippen molar-refractivity contribution in [3.8, 4) is 27.9 Å². The van der Waals surface area contributed by atoms with Gasteiger partial charge >= 0.3 is 0 Å². The van der Waals surface area contributed by atoms with E-state index in [-0.39, 0.29) is 0 Å². The lowest BCUT2D eigenvalue weighted by atomic mass is 9.60. The van der Waals surface area contributed by atoms with Gasteiger partial charge < -0.3 is 4.57 Å². The molecule has 246 valence electrons. The molecule has 52 heavy (non-hydrogen) atoms. The molecule has 0 N–H and O–H groups in total. The minimum Gasteiger partial charge on any atom is -0.309 e. The third-order valence-corrected chi connectivity index (χ3v) is 13.6. The van der Waals surface area contributed by atoms with E-state index >= 15 is 0 Å². The SMILES string of the molecule is C1=CC2=C(CC1)C1(c3ccccc3Sc3c(-c4cccc5c6ccccc6n(-c6ccccc6)c45)cccc31)c1c(cccc1-c1ccccc1)S2. The fourth-order valence-electron chi connectivity index (χ4n) is 9.19. The average molecular weight is 700 g/mol. The molecule has 1 aromatic heterocycles. The van der Waals surface area contributed by atoms with Crippen LogP contribution < -0.4 is 0 Å². The third kappa shape index (κ3) is 4.21. The van der Waals surface area contributed by atoms with Crippen LogP contribution in [0, 0.1) is 0 Å². The van der Waals surface area contributed by atoms with E-state index in [0.29, 0.717) is 0 Å². The molecule has 1 unspecified atom stereocenters. The second-order valence-electron chi connectivity index (χ2n) is 13.9. The third-order valence-electron chi connectivity index (χ3n) is 11.2. The number of fused-ring (bicyclic) bond motifs is 10. The normalized spacial score (nSPS) is 17.2. The van der Waals surface area contributed by atoms with Crippen LogP contribution in [-0.4, -0.2) is 4.57 Å². The first-order chi connectivity index (χ1) is 25.8. The number of hydrogen-bond donors (Lipinski definition) is 0. The quantitative estimate of drug-likeness (QED) is 0.181. The lowest BCUT2D eigenvalue weighted by Crippen LogP contribution is -2.38. The fraction of sp³-hybridized carbons (Fsp3) is 0.0612. The van der Waals surface area contributed by atoms with E-state index in [9.17, 15) is 0 Å². The van der Waals surface area contributed by atoms with Gasteiger partial charge in [-0.2, -0.15) is 0 Å². The minimum absolute atomic E-state index is 0.444. The van der Waals surface area contributed by atoms with Gasteiger partial charge in [-0.25, -0.2) is 0 Å². The Morgan fingerprint density at radius 2 is 1.19 bits per heavy atom. The van der Waals surface area contributed by atoms with Gasteiger partial charge in [-0.05, 0) is 82.1 Å². The van der Waals surface area contributed by atoms with Gasteiger partial charge in [0.2, 0.25) is 0 Å². The summed E-state index contributed by atoms with van der Waals surface area (Å²) in [5.74, 6) is 0. The Morgan fingerprint density at radius 3 is 2.10 bits per heavy atom. The summed E-state index contributed by atoms with van der Waals surface area (Å²) in [5, 5.41) is 2.55. The predicted molar refractivity (Wildman–Crippen MR) is 220 cm³/mol. The molecule has 3 heteroatoms. The van der Waals surface area contributed by atoms with Crippen molar-refractivity contribution in [3.63, 3.8) is 0 Å². The molecule has 3 heterocycles. The highest BCUT2D eigenvalue weighted by Crippen LogP contribution is 2.65. The van der Waals surface area contributed by atoms with E-state index in [1.54, 1.807) is 0 Å². The Labute approximate surface area is 312 Å². The summed E-state index contributed by atoms with van der Waals surface area (Å²) in [6.45, 7) is 0. The number of thioether (sulfide) groups is 1. The van der Waals surface area contributed by atoms with E-state index in [0.717, 1.165) is 12.8 Å². The number of benzene rings is 7. The topological polar surface area (TPSA) is 4.93 Å². The summed E-state index contributed by atoms with van der Waals surface area (Å²) in [5.41, 5.74) is 14.1. The van der Waals surface area contributed by atoms with Crippen LogP contribution in [0.25, 0.3) is 49.7 Å². The van der Waals surface area contributed by atoms with Gasteiger partial charge in [0.1, 0.15) is 0 Å². The predicted octanol–water partition coefficient (Wildman–Crippen LogP) is 13.6. The number of aromatic nitrogens is 1. The molecule has 8 aromatic rings. The van der Waals surface area contributed by atoms with Crippen LogP contribution in [0.2, 0.25) is 0 Å². The Kier molecular flexibility index (Phi) is 6.83. The molecule has 0 saturated carbocycles. The Balaban J connectivity index is 1.28. The molecule has 1 atom stereocenters. The van der Waals surface area contributed by atoms with Crippen molar-refractivity contribution >= 4 is 45.3 Å². The molecule has 3 aliphatic rings. The molecule has 0 amide bonds. The van der Waals surface area contributed by atoms with Gasteiger partial charge in [0.05, 0.1) is 16.4 Å². The van der Waals surface area contributed by atoms with Crippen LogP contribution in [0.4, 0.5) is 0 Å². The number of rotatable bonds is 3. The number of nitrogens with zero attached hydrogens (tertiary/aromatic N) is 1. The van der Waals surface area contributed by atoms with Crippen molar-refractivity contribution in [1.29, 1.82) is 0 Å². The first-order valence-corrected chi connectivity index (χ1v) is 19.7. The summed E-state index contributed by atoms with van der Waals surface area (Å²) >= 11 is 3.90. The summed E-state index contributed by atoms with van der Waals surface area (Å²) in [6.07, 6.45) is 6.85. The number of para-hydroxylation sites is 3. The van der Waals surface area contributed by atoms with Crippen molar-refractivity contribution < 1.29 is 0 Å². The summed E-state index contributed by atoms with van der Waals surface area (Å²) in [4.78, 5) is 5.42. The monoisotopic (exact) mass is 699 g/mol. The molecule has 2 aliphatic heterocycles. The van der Waals surface area contributed by atoms with E-state index < -0.39 is 5.41 Å². The molecule has 1 aliphatic carbocycles. The first kappa shape index (κ1) is 30.2. The standard InChI is InChI=1S/C49H33NS2/c1-3-16-32(17-4-1)34-21-15-31-45-46(34)49(39-25-8-11-29-43(39)51-45)40-26-9-12-30-44(40)52-48-38(24-14-27-41(48)49)37-23-13-22-36-35-20-7-10-28-42(35)50(47(36)37)33-18-5-2-6-19-33/h1-7,9-24,26-31H,8,25H2. The molecule has 1 nitrogen and oxygen atoms in total. The van der Waals surface area contributed by atoms with E-state index in [1.807, 2.05) is 23.5 Å². The van der Waals surface area contributed by atoms with Gasteiger partial charge in [0.25, 0.3) is 0 Å². The maximum Gasteiger partial charge on any atom is 0.0714 e. The van der Waals surface area contributed by atoms with E-state index in [1.165, 1.54) is 91.6 Å². The molecular weight excluding hydrogens is 667 g/mol. The zero-order valence-corrected chi connectivity index (χ0v) is 30.1. The van der Waals surface area contributed by atoms with Crippen molar-refractivity contribution in [2.45, 2.75) is 32.9 Å². The molecule has 0 saturated heterocycles. The van der Waals surface area contributed by atoms with Gasteiger partial charge in [-0.1, -0.05) is 169 Å². The van der Waals surface area contributed by atoms with Crippen molar-refractivity contribution in [2.24, 2.45) is 0 Å². The lowest BCUT2D eigenvalue weighted by molar-refractivity contribution is 0.631. The highest BCUT2D eigenvalue weighted by molar-refractivity contribution is 8.03. The first-order valence-electron chi connectivity index (χ1n) is 18.1. The molecule has 0 bridgehead atoms. The highest BCUT2D eigenvalue weighted by atomic mass is 32.2. The molecule has 11 rings (SSSR count). The second kappa shape index (κ2) is 11.8. The fourth-order valence-corrected chi connectivity index (χ4v) is 11.8. The molecule has 1 spiro atoms. The summed E-state index contributed by atoms with van der Waals surface area (Å²) in [7, 11) is 0. The second-order valence-corrected chi connectivity index (χ2v) is 16.0. The van der Waals surface area contributed by atoms with Crippen molar-refractivity contribution in [2.75, 3.05) is 0 Å². The van der Waals surface area contributed by atoms with Crippen LogP contribution in [0.3, 0.4) is 0 Å². The molecule has 7 aromatic carbocycles. The van der Waals surface area contributed by atoms with Gasteiger partial charge in [0, 0.05) is 41.6 Å². The maximum atomic E-state index is 2.48. The van der Waals surface area contributed by atoms with Crippen LogP contribution in [0.5, 0.6) is 0 Å². The maximum absolute atomic E-state index is 2.48. The van der Waals surface area contributed by atoms with Crippen LogP contribution in [0.1, 0.15) is 29.5 Å². The van der Waals surface area contributed by atoms with Gasteiger partial charge in [0.15, 0.2) is 0 Å². The average Bonchev–Trinajstić information content (AvgIpc) is 3.56. The summed E-state index contributed by atoms with van der Waals surface area (Å²) in [6, 6.07) is 61.0. The van der Waals surface area contributed by atoms with Gasteiger partial charge in [-0.15, -0.1) is 0 Å². The zero-order chi connectivity index (χ0) is 34.2. The zero-order valence-electron chi connectivity index (χ0n) is 28.4. The Hall–Kier alpha value is -5.48. The Bertz CT molecular complexity index is 2790. The molecule has 0 radical (unpaired) electrons.